The second-order valence-electron chi connectivity index (χ2n) is 4.99. The Labute approximate surface area is 123 Å². The Morgan fingerprint density at radius 3 is 2.86 bits per heavy atom. The van der Waals surface area contributed by atoms with Crippen molar-refractivity contribution in [2.45, 2.75) is 13.5 Å². The van der Waals surface area contributed by atoms with Crippen LogP contribution in [0.25, 0.3) is 22.0 Å². The second kappa shape index (κ2) is 6.02. The van der Waals surface area contributed by atoms with Crippen LogP contribution in [-0.2, 0) is 6.54 Å². The first-order chi connectivity index (χ1) is 10.3. The van der Waals surface area contributed by atoms with E-state index in [2.05, 4.69) is 17.2 Å². The van der Waals surface area contributed by atoms with Gasteiger partial charge in [-0.05, 0) is 47.5 Å². The summed E-state index contributed by atoms with van der Waals surface area (Å²) in [6.07, 6.45) is 1.78. The number of hydrogen-bond acceptors (Lipinski definition) is 2. The number of hydrogen-bond donors (Lipinski definition) is 1. The average molecular weight is 280 g/mol. The van der Waals surface area contributed by atoms with E-state index in [-0.39, 0.29) is 5.82 Å². The van der Waals surface area contributed by atoms with Crippen LogP contribution in [0.4, 0.5) is 4.39 Å². The highest BCUT2D eigenvalue weighted by Crippen LogP contribution is 2.27. The fourth-order valence-electron chi connectivity index (χ4n) is 2.47. The van der Waals surface area contributed by atoms with Crippen LogP contribution in [0.5, 0.6) is 0 Å². The van der Waals surface area contributed by atoms with Crippen molar-refractivity contribution in [2.24, 2.45) is 0 Å². The van der Waals surface area contributed by atoms with Gasteiger partial charge in [-0.1, -0.05) is 31.2 Å². The molecule has 0 spiro atoms. The second-order valence-corrected chi connectivity index (χ2v) is 4.99. The van der Waals surface area contributed by atoms with Gasteiger partial charge >= 0.3 is 0 Å². The van der Waals surface area contributed by atoms with Gasteiger partial charge in [0.2, 0.25) is 0 Å². The van der Waals surface area contributed by atoms with Crippen LogP contribution in [0.15, 0.2) is 54.7 Å². The van der Waals surface area contributed by atoms with Gasteiger partial charge in [-0.3, -0.25) is 4.98 Å². The van der Waals surface area contributed by atoms with Gasteiger partial charge in [0, 0.05) is 18.1 Å². The van der Waals surface area contributed by atoms with Gasteiger partial charge in [0.05, 0.1) is 5.52 Å². The largest absolute Gasteiger partial charge is 0.313 e. The SMILES string of the molecule is CCNCc1ccc(F)cc1-c1ccc2cccnc2c1. The standard InChI is InChI=1S/C18H17FN2/c1-2-20-12-15-7-8-16(19)11-17(15)14-6-5-13-4-3-9-21-18(13)10-14/h3-11,20H,2,12H2,1H3. The molecular formula is C18H17FN2. The van der Waals surface area contributed by atoms with E-state index in [9.17, 15) is 4.39 Å². The molecule has 0 aliphatic rings. The Hall–Kier alpha value is -2.26. The van der Waals surface area contributed by atoms with Crippen LogP contribution in [0.1, 0.15) is 12.5 Å². The molecule has 0 atom stereocenters. The quantitative estimate of drug-likeness (QED) is 0.776. The topological polar surface area (TPSA) is 24.9 Å². The van der Waals surface area contributed by atoms with Crippen LogP contribution in [0.2, 0.25) is 0 Å². The molecule has 2 nitrogen and oxygen atoms in total. The zero-order valence-electron chi connectivity index (χ0n) is 11.9. The van der Waals surface area contributed by atoms with Gasteiger partial charge in [0.25, 0.3) is 0 Å². The molecule has 0 unspecified atom stereocenters. The summed E-state index contributed by atoms with van der Waals surface area (Å²) in [5.74, 6) is -0.216. The van der Waals surface area contributed by atoms with Crippen molar-refractivity contribution in [2.75, 3.05) is 6.54 Å². The van der Waals surface area contributed by atoms with Gasteiger partial charge in [-0.15, -0.1) is 0 Å². The normalized spacial score (nSPS) is 11.0. The molecule has 0 radical (unpaired) electrons. The molecule has 0 aliphatic carbocycles. The predicted molar refractivity (Wildman–Crippen MR) is 84.5 cm³/mol. The molecule has 2 aromatic carbocycles. The first-order valence-electron chi connectivity index (χ1n) is 7.12. The van der Waals surface area contributed by atoms with E-state index in [1.54, 1.807) is 12.3 Å². The lowest BCUT2D eigenvalue weighted by molar-refractivity contribution is 0.626. The van der Waals surface area contributed by atoms with Crippen LogP contribution < -0.4 is 5.32 Å². The molecule has 0 fully saturated rings. The van der Waals surface area contributed by atoms with Crippen molar-refractivity contribution in [1.29, 1.82) is 0 Å². The summed E-state index contributed by atoms with van der Waals surface area (Å²) in [4.78, 5) is 4.37. The maximum atomic E-state index is 13.6. The summed E-state index contributed by atoms with van der Waals surface area (Å²) >= 11 is 0. The van der Waals surface area contributed by atoms with E-state index in [1.165, 1.54) is 6.07 Å². The van der Waals surface area contributed by atoms with Gasteiger partial charge in [-0.25, -0.2) is 4.39 Å². The van der Waals surface area contributed by atoms with E-state index in [0.29, 0.717) is 0 Å². The number of rotatable bonds is 4. The maximum Gasteiger partial charge on any atom is 0.123 e. The highest BCUT2D eigenvalue weighted by molar-refractivity contribution is 5.84. The third-order valence-electron chi connectivity index (χ3n) is 3.55. The van der Waals surface area contributed by atoms with Gasteiger partial charge in [-0.2, -0.15) is 0 Å². The molecule has 1 heterocycles. The smallest absolute Gasteiger partial charge is 0.123 e. The monoisotopic (exact) mass is 280 g/mol. The van der Waals surface area contributed by atoms with Gasteiger partial charge in [0.15, 0.2) is 0 Å². The lowest BCUT2D eigenvalue weighted by Gasteiger charge is -2.11. The Kier molecular flexibility index (Phi) is 3.93. The number of benzene rings is 2. The molecule has 0 amide bonds. The highest BCUT2D eigenvalue weighted by atomic mass is 19.1. The molecule has 3 rings (SSSR count). The van der Waals surface area contributed by atoms with Crippen molar-refractivity contribution in [3.63, 3.8) is 0 Å². The van der Waals surface area contributed by atoms with Crippen molar-refractivity contribution in [3.8, 4) is 11.1 Å². The van der Waals surface area contributed by atoms with Crippen LogP contribution >= 0.6 is 0 Å². The van der Waals surface area contributed by atoms with Crippen molar-refractivity contribution < 1.29 is 4.39 Å². The highest BCUT2D eigenvalue weighted by Gasteiger charge is 2.07. The van der Waals surface area contributed by atoms with Crippen molar-refractivity contribution >= 4 is 10.9 Å². The van der Waals surface area contributed by atoms with Crippen LogP contribution in [-0.4, -0.2) is 11.5 Å². The molecule has 3 heteroatoms. The van der Waals surface area contributed by atoms with Crippen molar-refractivity contribution in [1.82, 2.24) is 10.3 Å². The number of aromatic nitrogens is 1. The molecule has 106 valence electrons. The molecule has 0 saturated carbocycles. The number of nitrogens with zero attached hydrogens (tertiary/aromatic N) is 1. The third-order valence-corrected chi connectivity index (χ3v) is 3.55. The third kappa shape index (κ3) is 2.93. The maximum absolute atomic E-state index is 13.6. The number of pyridine rings is 1. The number of halogens is 1. The summed E-state index contributed by atoms with van der Waals surface area (Å²) in [6, 6.07) is 15.0. The molecule has 21 heavy (non-hydrogen) atoms. The molecule has 0 saturated heterocycles. The Morgan fingerprint density at radius 2 is 2.00 bits per heavy atom. The van der Waals surface area contributed by atoms with Crippen LogP contribution in [0, 0.1) is 5.82 Å². The number of fused-ring (bicyclic) bond motifs is 1. The molecule has 0 bridgehead atoms. The summed E-state index contributed by atoms with van der Waals surface area (Å²) in [5, 5.41) is 4.38. The Morgan fingerprint density at radius 1 is 1.10 bits per heavy atom. The minimum Gasteiger partial charge on any atom is -0.313 e. The van der Waals surface area contributed by atoms with E-state index < -0.39 is 0 Å². The van der Waals surface area contributed by atoms with Gasteiger partial charge in [0.1, 0.15) is 5.82 Å². The molecule has 3 aromatic rings. The summed E-state index contributed by atoms with van der Waals surface area (Å²) < 4.78 is 13.6. The minimum absolute atomic E-state index is 0.216. The Bertz CT molecular complexity index is 768. The lowest BCUT2D eigenvalue weighted by atomic mass is 9.98. The fourth-order valence-corrected chi connectivity index (χ4v) is 2.47. The predicted octanol–water partition coefficient (Wildman–Crippen LogP) is 4.15. The fraction of sp³-hybridized carbons (Fsp3) is 0.167. The van der Waals surface area contributed by atoms with Gasteiger partial charge < -0.3 is 5.32 Å². The molecular weight excluding hydrogens is 263 g/mol. The van der Waals surface area contributed by atoms with E-state index in [4.69, 9.17) is 0 Å². The minimum atomic E-state index is -0.216. The zero-order valence-corrected chi connectivity index (χ0v) is 11.9. The first-order valence-corrected chi connectivity index (χ1v) is 7.12. The summed E-state index contributed by atoms with van der Waals surface area (Å²) in [5.41, 5.74) is 3.93. The van der Waals surface area contributed by atoms with E-state index in [0.717, 1.165) is 40.7 Å². The zero-order chi connectivity index (χ0) is 14.7. The van der Waals surface area contributed by atoms with Crippen molar-refractivity contribution in [3.05, 3.63) is 66.1 Å². The Balaban J connectivity index is 2.09. The first kappa shape index (κ1) is 13.7. The summed E-state index contributed by atoms with van der Waals surface area (Å²) in [6.45, 7) is 3.67. The van der Waals surface area contributed by atoms with E-state index >= 15 is 0 Å². The average Bonchev–Trinajstić information content (AvgIpc) is 2.53. The van der Waals surface area contributed by atoms with Crippen LogP contribution in [0.3, 0.4) is 0 Å². The summed E-state index contributed by atoms with van der Waals surface area (Å²) in [7, 11) is 0. The number of nitrogens with one attached hydrogen (secondary N) is 1. The molecule has 0 aliphatic heterocycles. The molecule has 1 N–H and O–H groups in total. The van der Waals surface area contributed by atoms with E-state index in [1.807, 2.05) is 36.4 Å². The molecule has 1 aromatic heterocycles. The lowest BCUT2D eigenvalue weighted by Crippen LogP contribution is -2.12.